The van der Waals surface area contributed by atoms with Crippen LogP contribution in [0.15, 0.2) is 53.5 Å². The van der Waals surface area contributed by atoms with Crippen LogP contribution in [0.25, 0.3) is 0 Å². The predicted molar refractivity (Wildman–Crippen MR) is 117 cm³/mol. The standard InChI is InChI=1S/C24H27N3O4/c1-3-30-19-12-8-7-11-18(19)21-20(23(29)31-4-2)22(28)26-24(25-21)27-14-13-16-9-5-6-10-17(16)15-27/h5-12,20-21H,3-4,13-15H2,1-2H3,(H,25,26,28). The van der Waals surface area contributed by atoms with E-state index in [0.29, 0.717) is 30.4 Å². The largest absolute Gasteiger partial charge is 0.494 e. The van der Waals surface area contributed by atoms with Crippen LogP contribution in [0.2, 0.25) is 0 Å². The van der Waals surface area contributed by atoms with Gasteiger partial charge in [0.2, 0.25) is 11.9 Å². The number of guanidine groups is 1. The van der Waals surface area contributed by atoms with Gasteiger partial charge in [-0.3, -0.25) is 14.9 Å². The third-order valence-corrected chi connectivity index (χ3v) is 5.60. The van der Waals surface area contributed by atoms with Crippen molar-refractivity contribution in [1.29, 1.82) is 0 Å². The Morgan fingerprint density at radius 1 is 1.10 bits per heavy atom. The third-order valence-electron chi connectivity index (χ3n) is 5.60. The number of ether oxygens (including phenoxy) is 2. The van der Waals surface area contributed by atoms with E-state index in [-0.39, 0.29) is 6.61 Å². The average molecular weight is 421 g/mol. The fourth-order valence-corrected chi connectivity index (χ4v) is 4.14. The lowest BCUT2D eigenvalue weighted by Crippen LogP contribution is -2.53. The van der Waals surface area contributed by atoms with Gasteiger partial charge in [0, 0.05) is 18.7 Å². The van der Waals surface area contributed by atoms with Gasteiger partial charge in [0.25, 0.3) is 0 Å². The smallest absolute Gasteiger partial charge is 0.321 e. The lowest BCUT2D eigenvalue weighted by Gasteiger charge is -2.36. The number of esters is 1. The number of benzene rings is 2. The summed E-state index contributed by atoms with van der Waals surface area (Å²) in [5.41, 5.74) is 3.22. The summed E-state index contributed by atoms with van der Waals surface area (Å²) < 4.78 is 11.0. The molecule has 0 radical (unpaired) electrons. The number of hydrogen-bond acceptors (Lipinski definition) is 6. The first-order chi connectivity index (χ1) is 15.1. The van der Waals surface area contributed by atoms with Crippen molar-refractivity contribution >= 4 is 17.8 Å². The van der Waals surface area contributed by atoms with Gasteiger partial charge in [0.1, 0.15) is 11.8 Å². The number of rotatable bonds is 5. The van der Waals surface area contributed by atoms with E-state index in [1.807, 2.05) is 43.3 Å². The Hall–Kier alpha value is -3.35. The van der Waals surface area contributed by atoms with Gasteiger partial charge in [0.15, 0.2) is 5.92 Å². The van der Waals surface area contributed by atoms with Crippen molar-refractivity contribution in [3.05, 3.63) is 65.2 Å². The molecule has 0 aliphatic carbocycles. The molecule has 2 unspecified atom stereocenters. The van der Waals surface area contributed by atoms with Crippen molar-refractivity contribution in [2.45, 2.75) is 32.9 Å². The molecule has 2 aliphatic rings. The molecule has 7 heteroatoms. The Kier molecular flexibility index (Phi) is 6.21. The Morgan fingerprint density at radius 2 is 1.84 bits per heavy atom. The average Bonchev–Trinajstić information content (AvgIpc) is 2.79. The molecular formula is C24H27N3O4. The van der Waals surface area contributed by atoms with Crippen molar-refractivity contribution in [2.75, 3.05) is 19.8 Å². The molecule has 31 heavy (non-hydrogen) atoms. The quantitative estimate of drug-likeness (QED) is 0.593. The summed E-state index contributed by atoms with van der Waals surface area (Å²) in [6.45, 7) is 5.68. The number of nitrogens with one attached hydrogen (secondary N) is 1. The molecule has 0 bridgehead atoms. The first-order valence-electron chi connectivity index (χ1n) is 10.7. The van der Waals surface area contributed by atoms with Crippen LogP contribution >= 0.6 is 0 Å². The summed E-state index contributed by atoms with van der Waals surface area (Å²) >= 11 is 0. The summed E-state index contributed by atoms with van der Waals surface area (Å²) in [6, 6.07) is 15.0. The second-order valence-electron chi connectivity index (χ2n) is 7.53. The Morgan fingerprint density at radius 3 is 2.61 bits per heavy atom. The molecule has 2 aliphatic heterocycles. The fraction of sp³-hybridized carbons (Fsp3) is 0.375. The van der Waals surface area contributed by atoms with Crippen molar-refractivity contribution in [1.82, 2.24) is 10.2 Å². The Labute approximate surface area is 182 Å². The number of carbonyl (C=O) groups is 2. The zero-order valence-electron chi connectivity index (χ0n) is 17.8. The molecule has 2 aromatic carbocycles. The Bertz CT molecular complexity index is 1000. The highest BCUT2D eigenvalue weighted by Gasteiger charge is 2.43. The van der Waals surface area contributed by atoms with Gasteiger partial charge in [-0.25, -0.2) is 4.99 Å². The molecule has 2 atom stereocenters. The second-order valence-corrected chi connectivity index (χ2v) is 7.53. The van der Waals surface area contributed by atoms with Crippen molar-refractivity contribution in [3.8, 4) is 5.75 Å². The number of fused-ring (bicyclic) bond motifs is 1. The van der Waals surface area contributed by atoms with E-state index in [9.17, 15) is 9.59 Å². The van der Waals surface area contributed by atoms with Crippen molar-refractivity contribution in [3.63, 3.8) is 0 Å². The van der Waals surface area contributed by atoms with Gasteiger partial charge in [-0.15, -0.1) is 0 Å². The van der Waals surface area contributed by atoms with Crippen LogP contribution < -0.4 is 10.1 Å². The van der Waals surface area contributed by atoms with Gasteiger partial charge < -0.3 is 14.4 Å². The predicted octanol–water partition coefficient (Wildman–Crippen LogP) is 2.85. The monoisotopic (exact) mass is 421 g/mol. The molecule has 0 spiro atoms. The number of nitrogens with zero attached hydrogens (tertiary/aromatic N) is 2. The molecule has 0 aromatic heterocycles. The van der Waals surface area contributed by atoms with Crippen LogP contribution in [0.4, 0.5) is 0 Å². The minimum absolute atomic E-state index is 0.196. The van der Waals surface area contributed by atoms with Gasteiger partial charge in [-0.1, -0.05) is 42.5 Å². The number of hydrogen-bond donors (Lipinski definition) is 1. The van der Waals surface area contributed by atoms with Crippen LogP contribution in [0.1, 0.15) is 36.6 Å². The minimum atomic E-state index is -1.07. The summed E-state index contributed by atoms with van der Waals surface area (Å²) in [6.07, 6.45) is 0.868. The normalized spacial score (nSPS) is 20.4. The van der Waals surface area contributed by atoms with Crippen LogP contribution in [-0.2, 0) is 27.3 Å². The lowest BCUT2D eigenvalue weighted by molar-refractivity contribution is -0.153. The lowest BCUT2D eigenvalue weighted by atomic mass is 9.90. The topological polar surface area (TPSA) is 80.2 Å². The van der Waals surface area contributed by atoms with E-state index in [1.54, 1.807) is 6.92 Å². The molecule has 162 valence electrons. The SMILES string of the molecule is CCOC(=O)C1C(=O)NC(N2CCc3ccccc3C2)=NC1c1ccccc1OCC. The zero-order valence-corrected chi connectivity index (χ0v) is 17.8. The van der Waals surface area contributed by atoms with Gasteiger partial charge >= 0.3 is 5.97 Å². The highest BCUT2D eigenvalue weighted by molar-refractivity contribution is 6.08. The van der Waals surface area contributed by atoms with E-state index < -0.39 is 23.8 Å². The number of aliphatic imine (C=N–C) groups is 1. The number of carbonyl (C=O) groups excluding carboxylic acids is 2. The summed E-state index contributed by atoms with van der Waals surface area (Å²) in [4.78, 5) is 32.7. The molecule has 4 rings (SSSR count). The molecule has 0 saturated carbocycles. The molecule has 1 amide bonds. The van der Waals surface area contributed by atoms with Crippen molar-refractivity contribution < 1.29 is 19.1 Å². The summed E-state index contributed by atoms with van der Waals surface area (Å²) in [7, 11) is 0. The first-order valence-corrected chi connectivity index (χ1v) is 10.7. The van der Waals surface area contributed by atoms with E-state index in [0.717, 1.165) is 13.0 Å². The highest BCUT2D eigenvalue weighted by Crippen LogP contribution is 2.36. The summed E-state index contributed by atoms with van der Waals surface area (Å²) in [5.74, 6) is -0.952. The highest BCUT2D eigenvalue weighted by atomic mass is 16.5. The third kappa shape index (κ3) is 4.26. The van der Waals surface area contributed by atoms with E-state index in [2.05, 4.69) is 22.3 Å². The molecule has 7 nitrogen and oxygen atoms in total. The number of amides is 1. The van der Waals surface area contributed by atoms with Crippen LogP contribution in [-0.4, -0.2) is 42.5 Å². The molecule has 2 aromatic rings. The molecule has 2 heterocycles. The first kappa shape index (κ1) is 20.9. The molecule has 0 fully saturated rings. The Balaban J connectivity index is 1.72. The van der Waals surface area contributed by atoms with E-state index in [4.69, 9.17) is 14.5 Å². The van der Waals surface area contributed by atoms with E-state index >= 15 is 0 Å². The zero-order chi connectivity index (χ0) is 21.8. The maximum atomic E-state index is 13.1. The van der Waals surface area contributed by atoms with Crippen molar-refractivity contribution in [2.24, 2.45) is 10.9 Å². The molecular weight excluding hydrogens is 394 g/mol. The molecule has 1 N–H and O–H groups in total. The van der Waals surface area contributed by atoms with Gasteiger partial charge in [-0.05, 0) is 37.5 Å². The maximum Gasteiger partial charge on any atom is 0.321 e. The number of para-hydroxylation sites is 1. The van der Waals surface area contributed by atoms with Gasteiger partial charge in [-0.2, -0.15) is 0 Å². The second kappa shape index (κ2) is 9.20. The summed E-state index contributed by atoms with van der Waals surface area (Å²) in [5, 5.41) is 2.85. The van der Waals surface area contributed by atoms with E-state index in [1.165, 1.54) is 11.1 Å². The van der Waals surface area contributed by atoms with Crippen LogP contribution in [0.5, 0.6) is 5.75 Å². The minimum Gasteiger partial charge on any atom is -0.494 e. The maximum absolute atomic E-state index is 13.1. The molecule has 0 saturated heterocycles. The van der Waals surface area contributed by atoms with Gasteiger partial charge in [0.05, 0.1) is 13.2 Å². The van der Waals surface area contributed by atoms with Crippen LogP contribution in [0, 0.1) is 5.92 Å². The van der Waals surface area contributed by atoms with Crippen LogP contribution in [0.3, 0.4) is 0 Å². The fourth-order valence-electron chi connectivity index (χ4n) is 4.14.